The zero-order valence-corrected chi connectivity index (χ0v) is 18.8. The Hall–Kier alpha value is -3.55. The molecule has 0 aromatic heterocycles. The summed E-state index contributed by atoms with van der Waals surface area (Å²) >= 11 is 6.71. The molecule has 8 heteroatoms. The lowest BCUT2D eigenvalue weighted by molar-refractivity contribution is -0.123. The topological polar surface area (TPSA) is 72.9 Å². The van der Waals surface area contributed by atoms with E-state index in [1.54, 1.807) is 54.6 Å². The van der Waals surface area contributed by atoms with Crippen molar-refractivity contribution < 1.29 is 23.9 Å². The number of nitrogens with zero attached hydrogens (tertiary/aromatic N) is 1. The summed E-state index contributed by atoms with van der Waals surface area (Å²) in [6.45, 7) is 0.375. The van der Waals surface area contributed by atoms with Crippen LogP contribution < -0.4 is 9.47 Å². The van der Waals surface area contributed by atoms with Gasteiger partial charge in [-0.25, -0.2) is 4.79 Å². The van der Waals surface area contributed by atoms with E-state index in [1.165, 1.54) is 4.90 Å². The van der Waals surface area contributed by atoms with Crippen LogP contribution in [0, 0.1) is 0 Å². The van der Waals surface area contributed by atoms with Gasteiger partial charge in [-0.2, -0.15) is 0 Å². The zero-order chi connectivity index (χ0) is 23.2. The third-order valence-corrected chi connectivity index (χ3v) is 5.83. The Kier molecular flexibility index (Phi) is 7.12. The fourth-order valence-corrected chi connectivity index (χ4v) is 3.99. The van der Waals surface area contributed by atoms with Gasteiger partial charge in [0.2, 0.25) is 0 Å². The molecule has 0 atom stereocenters. The number of amides is 2. The Bertz CT molecular complexity index is 1190. The first-order valence-electron chi connectivity index (χ1n) is 10.0. The van der Waals surface area contributed by atoms with E-state index in [9.17, 15) is 14.4 Å². The number of imide groups is 1. The highest BCUT2D eigenvalue weighted by Crippen LogP contribution is 2.32. The number of hydrogen-bond acceptors (Lipinski definition) is 6. The standard InChI is InChI=1S/C25H18ClNO5S/c26-19-10-8-18(9-11-19)24(29)32-21-12-6-17(7-13-21)16-22-23(28)27(25(30)33-22)14-15-31-20-4-2-1-3-5-20/h1-13,16H,14-15H2/b22-16-. The fourth-order valence-electron chi connectivity index (χ4n) is 3.00. The number of para-hydroxylation sites is 1. The van der Waals surface area contributed by atoms with Gasteiger partial charge < -0.3 is 9.47 Å². The number of benzene rings is 3. The van der Waals surface area contributed by atoms with Crippen LogP contribution in [0.4, 0.5) is 4.79 Å². The van der Waals surface area contributed by atoms with Crippen LogP contribution in [0.2, 0.25) is 5.02 Å². The smallest absolute Gasteiger partial charge is 0.343 e. The molecule has 0 unspecified atom stereocenters. The Morgan fingerprint density at radius 2 is 1.61 bits per heavy atom. The summed E-state index contributed by atoms with van der Waals surface area (Å²) in [4.78, 5) is 38.6. The maximum absolute atomic E-state index is 12.6. The minimum absolute atomic E-state index is 0.163. The molecular weight excluding hydrogens is 462 g/mol. The molecule has 3 aromatic rings. The van der Waals surface area contributed by atoms with Crippen LogP contribution in [-0.4, -0.2) is 35.2 Å². The van der Waals surface area contributed by atoms with Gasteiger partial charge in [0.05, 0.1) is 17.0 Å². The van der Waals surface area contributed by atoms with Gasteiger partial charge in [0.25, 0.3) is 11.1 Å². The van der Waals surface area contributed by atoms with E-state index in [-0.39, 0.29) is 24.3 Å². The van der Waals surface area contributed by atoms with Crippen molar-refractivity contribution in [2.75, 3.05) is 13.2 Å². The van der Waals surface area contributed by atoms with Crippen LogP contribution in [0.15, 0.2) is 83.8 Å². The third-order valence-electron chi connectivity index (χ3n) is 4.67. The summed E-state index contributed by atoms with van der Waals surface area (Å²) in [5.41, 5.74) is 1.08. The number of carbonyl (C=O) groups is 3. The van der Waals surface area contributed by atoms with Crippen molar-refractivity contribution in [1.29, 1.82) is 0 Å². The fraction of sp³-hybridized carbons (Fsp3) is 0.0800. The van der Waals surface area contributed by atoms with E-state index in [4.69, 9.17) is 21.1 Å². The maximum atomic E-state index is 12.6. The van der Waals surface area contributed by atoms with E-state index >= 15 is 0 Å². The molecule has 1 aliphatic rings. The van der Waals surface area contributed by atoms with E-state index in [0.717, 1.165) is 11.8 Å². The molecule has 0 aliphatic carbocycles. The van der Waals surface area contributed by atoms with Crippen LogP contribution in [-0.2, 0) is 4.79 Å². The molecule has 0 bridgehead atoms. The van der Waals surface area contributed by atoms with Crippen molar-refractivity contribution >= 4 is 46.6 Å². The van der Waals surface area contributed by atoms with Crippen molar-refractivity contribution in [1.82, 2.24) is 4.90 Å². The summed E-state index contributed by atoms with van der Waals surface area (Å²) in [5, 5.41) is 0.195. The van der Waals surface area contributed by atoms with Crippen molar-refractivity contribution in [2.24, 2.45) is 0 Å². The second-order valence-corrected chi connectivity index (χ2v) is 8.39. The summed E-state index contributed by atoms with van der Waals surface area (Å²) in [7, 11) is 0. The van der Waals surface area contributed by atoms with Crippen molar-refractivity contribution in [3.63, 3.8) is 0 Å². The maximum Gasteiger partial charge on any atom is 0.343 e. The minimum Gasteiger partial charge on any atom is -0.492 e. The first-order valence-corrected chi connectivity index (χ1v) is 11.2. The Labute approximate surface area is 199 Å². The van der Waals surface area contributed by atoms with E-state index in [2.05, 4.69) is 0 Å². The highest BCUT2D eigenvalue weighted by atomic mass is 35.5. The van der Waals surface area contributed by atoms with Crippen LogP contribution in [0.5, 0.6) is 11.5 Å². The number of esters is 1. The number of ether oxygens (including phenoxy) is 2. The summed E-state index contributed by atoms with van der Waals surface area (Å²) in [5.74, 6) is 0.174. The Morgan fingerprint density at radius 1 is 0.909 bits per heavy atom. The molecule has 33 heavy (non-hydrogen) atoms. The molecule has 1 fully saturated rings. The molecule has 166 valence electrons. The highest BCUT2D eigenvalue weighted by molar-refractivity contribution is 8.18. The van der Waals surface area contributed by atoms with Gasteiger partial charge in [-0.1, -0.05) is 41.9 Å². The molecule has 0 spiro atoms. The predicted octanol–water partition coefficient (Wildman–Crippen LogP) is 5.67. The molecule has 0 radical (unpaired) electrons. The molecular formula is C25H18ClNO5S. The summed E-state index contributed by atoms with van der Waals surface area (Å²) in [6, 6.07) is 22.2. The predicted molar refractivity (Wildman–Crippen MR) is 127 cm³/mol. The lowest BCUT2D eigenvalue weighted by Crippen LogP contribution is -2.32. The van der Waals surface area contributed by atoms with Crippen molar-refractivity contribution in [3.05, 3.63) is 99.9 Å². The Balaban J connectivity index is 1.35. The van der Waals surface area contributed by atoms with Gasteiger partial charge >= 0.3 is 5.97 Å². The molecule has 1 heterocycles. The Morgan fingerprint density at radius 3 is 2.30 bits per heavy atom. The molecule has 4 rings (SSSR count). The van der Waals surface area contributed by atoms with E-state index < -0.39 is 5.97 Å². The van der Waals surface area contributed by atoms with Gasteiger partial charge in [-0.3, -0.25) is 14.5 Å². The highest BCUT2D eigenvalue weighted by Gasteiger charge is 2.34. The van der Waals surface area contributed by atoms with E-state index in [1.807, 2.05) is 30.3 Å². The number of hydrogen-bond donors (Lipinski definition) is 0. The first-order chi connectivity index (χ1) is 16.0. The van der Waals surface area contributed by atoms with Crippen LogP contribution in [0.25, 0.3) is 6.08 Å². The number of thioether (sulfide) groups is 1. The molecule has 1 saturated heterocycles. The SMILES string of the molecule is O=C(Oc1ccc(/C=C2\SC(=O)N(CCOc3ccccc3)C2=O)cc1)c1ccc(Cl)cc1. The normalized spacial score (nSPS) is 14.6. The number of halogens is 1. The van der Waals surface area contributed by atoms with Gasteiger partial charge in [0.15, 0.2) is 0 Å². The van der Waals surface area contributed by atoms with E-state index in [0.29, 0.717) is 32.6 Å². The zero-order valence-electron chi connectivity index (χ0n) is 17.3. The lowest BCUT2D eigenvalue weighted by Gasteiger charge is -2.13. The van der Waals surface area contributed by atoms with Crippen LogP contribution >= 0.6 is 23.4 Å². The van der Waals surface area contributed by atoms with Crippen LogP contribution in [0.3, 0.4) is 0 Å². The van der Waals surface area contributed by atoms with Gasteiger partial charge in [-0.05, 0) is 71.9 Å². The number of carbonyl (C=O) groups excluding carboxylic acids is 3. The first kappa shape index (κ1) is 22.6. The summed E-state index contributed by atoms with van der Waals surface area (Å²) in [6.07, 6.45) is 1.63. The average Bonchev–Trinajstić information content (AvgIpc) is 3.09. The molecule has 6 nitrogen and oxygen atoms in total. The van der Waals surface area contributed by atoms with Gasteiger partial charge in [-0.15, -0.1) is 0 Å². The average molecular weight is 480 g/mol. The quantitative estimate of drug-likeness (QED) is 0.247. The molecule has 2 amide bonds. The van der Waals surface area contributed by atoms with Crippen molar-refractivity contribution in [2.45, 2.75) is 0 Å². The van der Waals surface area contributed by atoms with Gasteiger partial charge in [0, 0.05) is 5.02 Å². The monoisotopic (exact) mass is 479 g/mol. The lowest BCUT2D eigenvalue weighted by atomic mass is 10.2. The molecule has 1 aliphatic heterocycles. The number of rotatable bonds is 7. The van der Waals surface area contributed by atoms with Crippen molar-refractivity contribution in [3.8, 4) is 11.5 Å². The third kappa shape index (κ3) is 5.83. The molecule has 3 aromatic carbocycles. The largest absolute Gasteiger partial charge is 0.492 e. The molecule has 0 saturated carbocycles. The van der Waals surface area contributed by atoms with Crippen LogP contribution in [0.1, 0.15) is 15.9 Å². The second kappa shape index (κ2) is 10.4. The second-order valence-electron chi connectivity index (χ2n) is 6.96. The van der Waals surface area contributed by atoms with Gasteiger partial charge in [0.1, 0.15) is 18.1 Å². The summed E-state index contributed by atoms with van der Waals surface area (Å²) < 4.78 is 10.9. The minimum atomic E-state index is -0.502. The molecule has 0 N–H and O–H groups in total.